The Balaban J connectivity index is 3.07. The van der Waals surface area contributed by atoms with Crippen LogP contribution in [0.3, 0.4) is 0 Å². The Morgan fingerprint density at radius 1 is 1.70 bits per heavy atom. The van der Waals surface area contributed by atoms with Gasteiger partial charge in [-0.1, -0.05) is 0 Å². The van der Waals surface area contributed by atoms with Crippen molar-refractivity contribution in [2.24, 2.45) is 5.73 Å². The number of amides is 1. The zero-order valence-electron chi connectivity index (χ0n) is 5.45. The molecule has 1 rings (SSSR count). The lowest BCUT2D eigenvalue weighted by Gasteiger charge is -1.89. The van der Waals surface area contributed by atoms with Crippen LogP contribution in [0.4, 0.5) is 0 Å². The van der Waals surface area contributed by atoms with Crippen LogP contribution in [-0.4, -0.2) is 5.91 Å². The number of nitrogens with zero attached hydrogens (tertiary/aromatic N) is 1. The normalized spacial score (nSPS) is 9.30. The number of carbonyl (C=O) groups excluding carboxylic acids is 1. The van der Waals surface area contributed by atoms with Crippen LogP contribution in [0.2, 0.25) is 0 Å². The summed E-state index contributed by atoms with van der Waals surface area (Å²) in [5.41, 5.74) is 5.47. The molecule has 1 heterocycles. The van der Waals surface area contributed by atoms with E-state index in [0.29, 0.717) is 5.56 Å². The van der Waals surface area contributed by atoms with E-state index < -0.39 is 5.91 Å². The molecular weight excluding hydrogens is 128 g/mol. The van der Waals surface area contributed by atoms with Crippen LogP contribution in [-0.2, 0) is 0 Å². The van der Waals surface area contributed by atoms with Crippen molar-refractivity contribution in [2.45, 2.75) is 0 Å². The number of nitrogens with two attached hydrogens (primary N) is 1. The van der Waals surface area contributed by atoms with Crippen LogP contribution in [0.1, 0.15) is 10.4 Å². The molecule has 0 saturated heterocycles. The van der Waals surface area contributed by atoms with E-state index in [4.69, 9.17) is 5.73 Å². The molecule has 0 bridgehead atoms. The van der Waals surface area contributed by atoms with Crippen molar-refractivity contribution in [3.8, 4) is 0 Å². The highest BCUT2D eigenvalue weighted by atomic mass is 16.1. The van der Waals surface area contributed by atoms with Crippen LogP contribution >= 0.6 is 0 Å². The number of hydrogen-bond donors (Lipinski definition) is 1. The summed E-state index contributed by atoms with van der Waals surface area (Å²) in [6.07, 6.45) is 3.30. The van der Waals surface area contributed by atoms with Gasteiger partial charge in [0.15, 0.2) is 12.4 Å². The zero-order chi connectivity index (χ0) is 7.56. The molecule has 1 amide bonds. The van der Waals surface area contributed by atoms with Crippen molar-refractivity contribution in [1.29, 1.82) is 0 Å². The van der Waals surface area contributed by atoms with Gasteiger partial charge in [0.05, 0.1) is 0 Å². The molecule has 0 fully saturated rings. The first kappa shape index (κ1) is 6.74. The van der Waals surface area contributed by atoms with Crippen molar-refractivity contribution in [2.75, 3.05) is 0 Å². The predicted molar refractivity (Wildman–Crippen MR) is 35.9 cm³/mol. The van der Waals surface area contributed by atoms with E-state index >= 15 is 0 Å². The smallest absolute Gasteiger partial charge is 0.254 e. The first-order chi connectivity index (χ1) is 4.70. The maximum atomic E-state index is 10.5. The highest BCUT2D eigenvalue weighted by Crippen LogP contribution is 1.90. The molecule has 0 aliphatic heterocycles. The summed E-state index contributed by atoms with van der Waals surface area (Å²) in [7, 11) is 3.57. The van der Waals surface area contributed by atoms with Gasteiger partial charge in [-0.15, -0.1) is 0 Å². The summed E-state index contributed by atoms with van der Waals surface area (Å²) in [4.78, 5) is 10.5. The number of rotatable bonds is 1. The molecule has 51 valence electrons. The van der Waals surface area contributed by atoms with Crippen molar-refractivity contribution >= 4 is 5.91 Å². The molecule has 2 N–H and O–H groups in total. The molecule has 0 aliphatic rings. The van der Waals surface area contributed by atoms with Crippen molar-refractivity contribution < 1.29 is 9.36 Å². The monoisotopic (exact) mass is 136 g/mol. The minimum atomic E-state index is -0.432. The summed E-state index contributed by atoms with van der Waals surface area (Å²) in [6, 6.07) is 3.36. The van der Waals surface area contributed by atoms with Crippen molar-refractivity contribution in [3.05, 3.63) is 37.1 Å². The van der Waals surface area contributed by atoms with Crippen LogP contribution in [0.5, 0.6) is 0 Å². The van der Waals surface area contributed by atoms with E-state index in [2.05, 4.69) is 7.05 Å². The molecule has 1 aromatic heterocycles. The average molecular weight is 136 g/mol. The van der Waals surface area contributed by atoms with Crippen LogP contribution in [0.15, 0.2) is 24.5 Å². The Morgan fingerprint density at radius 2 is 2.40 bits per heavy atom. The van der Waals surface area contributed by atoms with E-state index in [1.165, 1.54) is 4.57 Å². The standard InChI is InChI=1S/C7H8N2O/c1-9-4-2-3-6(5-9)7(8)10/h2-5H,1H2,(H2,8,10)/q+1. The van der Waals surface area contributed by atoms with E-state index in [-0.39, 0.29) is 0 Å². The van der Waals surface area contributed by atoms with Gasteiger partial charge in [0, 0.05) is 6.07 Å². The van der Waals surface area contributed by atoms with Gasteiger partial charge in [-0.3, -0.25) is 4.79 Å². The third-order valence-corrected chi connectivity index (χ3v) is 1.14. The number of primary amides is 1. The van der Waals surface area contributed by atoms with Crippen molar-refractivity contribution in [3.63, 3.8) is 0 Å². The van der Waals surface area contributed by atoms with E-state index in [0.717, 1.165) is 0 Å². The lowest BCUT2D eigenvalue weighted by atomic mass is 10.3. The molecule has 1 radical (unpaired) electrons. The van der Waals surface area contributed by atoms with Crippen molar-refractivity contribution in [1.82, 2.24) is 0 Å². The van der Waals surface area contributed by atoms with Crippen LogP contribution in [0.25, 0.3) is 0 Å². The minimum Gasteiger partial charge on any atom is -0.365 e. The third kappa shape index (κ3) is 1.31. The summed E-state index contributed by atoms with van der Waals surface area (Å²) in [6.45, 7) is 0. The maximum Gasteiger partial charge on any atom is 0.254 e. The first-order valence-electron chi connectivity index (χ1n) is 2.82. The zero-order valence-corrected chi connectivity index (χ0v) is 5.45. The van der Waals surface area contributed by atoms with Gasteiger partial charge in [0.1, 0.15) is 5.56 Å². The molecule has 0 unspecified atom stereocenters. The lowest BCUT2D eigenvalue weighted by Crippen LogP contribution is -2.26. The Bertz CT molecular complexity index is 258. The fraction of sp³-hybridized carbons (Fsp3) is 0. The van der Waals surface area contributed by atoms with E-state index in [1.54, 1.807) is 24.5 Å². The molecule has 0 spiro atoms. The second kappa shape index (κ2) is 2.47. The molecule has 10 heavy (non-hydrogen) atoms. The van der Waals surface area contributed by atoms with Gasteiger partial charge in [0.2, 0.25) is 7.05 Å². The summed E-state index contributed by atoms with van der Waals surface area (Å²) in [5, 5.41) is 0. The first-order valence-corrected chi connectivity index (χ1v) is 2.82. The molecule has 0 saturated carbocycles. The Kier molecular flexibility index (Phi) is 1.67. The summed E-state index contributed by atoms with van der Waals surface area (Å²) in [5.74, 6) is -0.432. The summed E-state index contributed by atoms with van der Waals surface area (Å²) < 4.78 is 1.53. The van der Waals surface area contributed by atoms with Crippen LogP contribution in [0, 0.1) is 7.05 Å². The minimum absolute atomic E-state index is 0.432. The summed E-state index contributed by atoms with van der Waals surface area (Å²) >= 11 is 0. The van der Waals surface area contributed by atoms with E-state index in [9.17, 15) is 4.79 Å². The van der Waals surface area contributed by atoms with Gasteiger partial charge in [-0.2, -0.15) is 4.57 Å². The Morgan fingerprint density at radius 3 is 2.80 bits per heavy atom. The van der Waals surface area contributed by atoms with Gasteiger partial charge in [-0.05, 0) is 6.07 Å². The predicted octanol–water partition coefficient (Wildman–Crippen LogP) is -0.287. The Hall–Kier alpha value is -1.38. The fourth-order valence-corrected chi connectivity index (χ4v) is 0.668. The van der Waals surface area contributed by atoms with Gasteiger partial charge in [-0.25, -0.2) is 0 Å². The largest absolute Gasteiger partial charge is 0.365 e. The second-order valence-electron chi connectivity index (χ2n) is 1.97. The number of aromatic nitrogens is 1. The number of hydrogen-bond acceptors (Lipinski definition) is 1. The number of pyridine rings is 1. The van der Waals surface area contributed by atoms with Gasteiger partial charge < -0.3 is 5.73 Å². The fourth-order valence-electron chi connectivity index (χ4n) is 0.668. The molecular formula is C7H8N2O+. The average Bonchev–Trinajstić information content (AvgIpc) is 1.88. The lowest BCUT2D eigenvalue weighted by molar-refractivity contribution is -0.612. The highest BCUT2D eigenvalue weighted by Gasteiger charge is 2.02. The molecule has 3 nitrogen and oxygen atoms in total. The second-order valence-corrected chi connectivity index (χ2v) is 1.97. The van der Waals surface area contributed by atoms with Gasteiger partial charge >= 0.3 is 0 Å². The quantitative estimate of drug-likeness (QED) is 0.530. The maximum absolute atomic E-state index is 10.5. The molecule has 1 aromatic rings. The number of carbonyl (C=O) groups is 1. The van der Waals surface area contributed by atoms with E-state index in [1.807, 2.05) is 0 Å². The SMILES string of the molecule is [CH2][n+]1cccc(C(N)=O)c1. The highest BCUT2D eigenvalue weighted by molar-refractivity contribution is 5.92. The van der Waals surface area contributed by atoms with Crippen LogP contribution < -0.4 is 10.3 Å². The molecule has 0 aromatic carbocycles. The third-order valence-electron chi connectivity index (χ3n) is 1.14. The molecule has 3 heteroatoms. The van der Waals surface area contributed by atoms with Gasteiger partial charge in [0.25, 0.3) is 5.91 Å². The topological polar surface area (TPSA) is 47.0 Å². The molecule has 0 atom stereocenters. The molecule has 0 aliphatic carbocycles. The Labute approximate surface area is 59.1 Å².